The van der Waals surface area contributed by atoms with Gasteiger partial charge in [-0.05, 0) is 36.7 Å². The second-order valence-corrected chi connectivity index (χ2v) is 4.91. The molecule has 2 heterocycles. The summed E-state index contributed by atoms with van der Waals surface area (Å²) in [5.41, 5.74) is 2.16. The molecule has 0 spiro atoms. The second kappa shape index (κ2) is 6.41. The molecule has 0 saturated carbocycles. The van der Waals surface area contributed by atoms with Crippen LogP contribution in [0.1, 0.15) is 30.8 Å². The van der Waals surface area contributed by atoms with Gasteiger partial charge in [0.15, 0.2) is 0 Å². The lowest BCUT2D eigenvalue weighted by Gasteiger charge is -2.19. The second-order valence-electron chi connectivity index (χ2n) is 4.91. The Morgan fingerprint density at radius 3 is 2.57 bits per heavy atom. The number of hydrogen-bond donors (Lipinski definition) is 1. The summed E-state index contributed by atoms with van der Waals surface area (Å²) in [6.07, 6.45) is 6.45. The van der Waals surface area contributed by atoms with Gasteiger partial charge in [-0.15, -0.1) is 0 Å². The number of fused-ring (bicyclic) bond motifs is 1. The van der Waals surface area contributed by atoms with Crippen LogP contribution in [0.5, 0.6) is 0 Å². The smallest absolute Gasteiger partial charge is 0.149 e. The average molecular weight is 278 g/mol. The Kier molecular flexibility index (Phi) is 4.17. The summed E-state index contributed by atoms with van der Waals surface area (Å²) in [5.74, 6) is 0.794. The van der Waals surface area contributed by atoms with Gasteiger partial charge in [0.1, 0.15) is 5.82 Å². The summed E-state index contributed by atoms with van der Waals surface area (Å²) in [6.45, 7) is 3.07. The molecule has 1 atom stereocenters. The Morgan fingerprint density at radius 1 is 0.952 bits per heavy atom. The van der Waals surface area contributed by atoms with E-state index < -0.39 is 0 Å². The lowest BCUT2D eigenvalue weighted by molar-refractivity contribution is 0.574. The summed E-state index contributed by atoms with van der Waals surface area (Å²) in [5, 5.41) is 4.68. The van der Waals surface area contributed by atoms with E-state index in [1.807, 2.05) is 30.5 Å². The summed E-state index contributed by atoms with van der Waals surface area (Å²) >= 11 is 0. The van der Waals surface area contributed by atoms with Crippen LogP contribution in [0, 0.1) is 0 Å². The van der Waals surface area contributed by atoms with Crippen molar-refractivity contribution in [2.75, 3.05) is 6.54 Å². The Hall–Kier alpha value is -2.33. The summed E-state index contributed by atoms with van der Waals surface area (Å²) < 4.78 is 0. The van der Waals surface area contributed by atoms with Gasteiger partial charge in [0.05, 0.1) is 11.6 Å². The van der Waals surface area contributed by atoms with Crippen LogP contribution in [0.3, 0.4) is 0 Å². The normalized spacial score (nSPS) is 12.4. The first-order valence-electron chi connectivity index (χ1n) is 7.24. The van der Waals surface area contributed by atoms with E-state index in [1.54, 1.807) is 12.4 Å². The van der Waals surface area contributed by atoms with E-state index in [4.69, 9.17) is 0 Å². The number of nitrogens with zero attached hydrogens (tertiary/aromatic N) is 3. The fourth-order valence-corrected chi connectivity index (χ4v) is 2.47. The predicted molar refractivity (Wildman–Crippen MR) is 83.9 cm³/mol. The number of pyridine rings is 1. The Balaban J connectivity index is 2.10. The van der Waals surface area contributed by atoms with Crippen molar-refractivity contribution in [3.05, 3.63) is 66.4 Å². The lowest BCUT2D eigenvalue weighted by atomic mass is 10.0. The monoisotopic (exact) mass is 278 g/mol. The average Bonchev–Trinajstić information content (AvgIpc) is 2.56. The van der Waals surface area contributed by atoms with Crippen molar-refractivity contribution in [2.45, 2.75) is 19.4 Å². The van der Waals surface area contributed by atoms with Gasteiger partial charge in [0, 0.05) is 24.0 Å². The fraction of sp³-hybridized carbons (Fsp3) is 0.235. The maximum absolute atomic E-state index is 4.43. The molecule has 1 unspecified atom stereocenters. The summed E-state index contributed by atoms with van der Waals surface area (Å²) in [4.78, 5) is 13.3. The van der Waals surface area contributed by atoms with Crippen molar-refractivity contribution >= 4 is 10.9 Å². The third-order valence-electron chi connectivity index (χ3n) is 3.43. The molecule has 0 aliphatic carbocycles. The van der Waals surface area contributed by atoms with Crippen LogP contribution in [0.15, 0.2) is 55.0 Å². The first-order chi connectivity index (χ1) is 10.4. The molecule has 2 aromatic heterocycles. The SMILES string of the molecule is CCCNC(c1ncccn1)c1cccc2ncccc12. The van der Waals surface area contributed by atoms with Crippen LogP contribution in [0.25, 0.3) is 10.9 Å². The van der Waals surface area contributed by atoms with Gasteiger partial charge in [-0.3, -0.25) is 4.98 Å². The molecule has 0 aliphatic heterocycles. The molecule has 106 valence electrons. The van der Waals surface area contributed by atoms with Crippen LogP contribution in [0.4, 0.5) is 0 Å². The maximum Gasteiger partial charge on any atom is 0.149 e. The third-order valence-corrected chi connectivity index (χ3v) is 3.43. The van der Waals surface area contributed by atoms with E-state index >= 15 is 0 Å². The van der Waals surface area contributed by atoms with Crippen molar-refractivity contribution in [1.82, 2.24) is 20.3 Å². The fourth-order valence-electron chi connectivity index (χ4n) is 2.47. The van der Waals surface area contributed by atoms with E-state index in [0.717, 1.165) is 29.7 Å². The highest BCUT2D eigenvalue weighted by atomic mass is 15.0. The zero-order valence-electron chi connectivity index (χ0n) is 12.0. The molecule has 0 amide bonds. The lowest BCUT2D eigenvalue weighted by Crippen LogP contribution is -2.25. The van der Waals surface area contributed by atoms with Crippen molar-refractivity contribution in [1.29, 1.82) is 0 Å². The molecule has 1 N–H and O–H groups in total. The van der Waals surface area contributed by atoms with Crippen molar-refractivity contribution in [3.8, 4) is 0 Å². The topological polar surface area (TPSA) is 50.7 Å². The molecule has 0 radical (unpaired) electrons. The molecule has 0 saturated heterocycles. The molecular formula is C17H18N4. The number of hydrogen-bond acceptors (Lipinski definition) is 4. The minimum absolute atomic E-state index is 0.0148. The predicted octanol–water partition coefficient (Wildman–Crippen LogP) is 3.11. The standard InChI is InChI=1S/C17H18N4/c1-2-9-19-16(17-20-11-5-12-21-17)14-6-3-8-15-13(14)7-4-10-18-15/h3-8,10-12,16,19H,2,9H2,1H3. The van der Waals surface area contributed by atoms with Gasteiger partial charge in [-0.2, -0.15) is 0 Å². The highest BCUT2D eigenvalue weighted by Crippen LogP contribution is 2.26. The molecule has 4 nitrogen and oxygen atoms in total. The molecule has 0 aliphatic rings. The minimum atomic E-state index is -0.0148. The van der Waals surface area contributed by atoms with E-state index in [2.05, 4.69) is 39.3 Å². The van der Waals surface area contributed by atoms with Crippen LogP contribution in [-0.2, 0) is 0 Å². The number of nitrogens with one attached hydrogen (secondary N) is 1. The van der Waals surface area contributed by atoms with E-state index in [-0.39, 0.29) is 6.04 Å². The van der Waals surface area contributed by atoms with E-state index in [9.17, 15) is 0 Å². The Labute approximate surface area is 124 Å². The molecule has 1 aromatic carbocycles. The van der Waals surface area contributed by atoms with Gasteiger partial charge < -0.3 is 5.32 Å². The molecular weight excluding hydrogens is 260 g/mol. The van der Waals surface area contributed by atoms with Crippen LogP contribution in [0.2, 0.25) is 0 Å². The molecule has 21 heavy (non-hydrogen) atoms. The van der Waals surface area contributed by atoms with Crippen molar-refractivity contribution in [2.24, 2.45) is 0 Å². The molecule has 3 rings (SSSR count). The van der Waals surface area contributed by atoms with E-state index in [0.29, 0.717) is 0 Å². The highest BCUT2D eigenvalue weighted by molar-refractivity contribution is 5.82. The molecule has 0 bridgehead atoms. The van der Waals surface area contributed by atoms with Crippen LogP contribution in [-0.4, -0.2) is 21.5 Å². The van der Waals surface area contributed by atoms with Crippen LogP contribution < -0.4 is 5.32 Å². The van der Waals surface area contributed by atoms with E-state index in [1.165, 1.54) is 5.56 Å². The highest BCUT2D eigenvalue weighted by Gasteiger charge is 2.18. The number of rotatable bonds is 5. The van der Waals surface area contributed by atoms with Gasteiger partial charge in [0.2, 0.25) is 0 Å². The molecule has 0 fully saturated rings. The Bertz CT molecular complexity index is 707. The third kappa shape index (κ3) is 2.90. The largest absolute Gasteiger partial charge is 0.304 e. The van der Waals surface area contributed by atoms with Crippen molar-refractivity contribution < 1.29 is 0 Å². The summed E-state index contributed by atoms with van der Waals surface area (Å²) in [6, 6.07) is 12.1. The minimum Gasteiger partial charge on any atom is -0.304 e. The van der Waals surface area contributed by atoms with Gasteiger partial charge >= 0.3 is 0 Å². The van der Waals surface area contributed by atoms with Gasteiger partial charge in [-0.1, -0.05) is 25.1 Å². The number of aromatic nitrogens is 3. The zero-order chi connectivity index (χ0) is 14.5. The van der Waals surface area contributed by atoms with Crippen LogP contribution >= 0.6 is 0 Å². The first kappa shape index (κ1) is 13.6. The maximum atomic E-state index is 4.43. The molecule has 4 heteroatoms. The van der Waals surface area contributed by atoms with Crippen molar-refractivity contribution in [3.63, 3.8) is 0 Å². The Morgan fingerprint density at radius 2 is 1.76 bits per heavy atom. The summed E-state index contributed by atoms with van der Waals surface area (Å²) in [7, 11) is 0. The quantitative estimate of drug-likeness (QED) is 0.779. The zero-order valence-corrected chi connectivity index (χ0v) is 12.0. The van der Waals surface area contributed by atoms with Gasteiger partial charge in [-0.25, -0.2) is 9.97 Å². The first-order valence-corrected chi connectivity index (χ1v) is 7.24. The number of benzene rings is 1. The van der Waals surface area contributed by atoms with Gasteiger partial charge in [0.25, 0.3) is 0 Å². The molecule has 3 aromatic rings.